The summed E-state index contributed by atoms with van der Waals surface area (Å²) < 4.78 is 109. The van der Waals surface area contributed by atoms with Gasteiger partial charge in [-0.3, -0.25) is 28.3 Å². The molecule has 3 amide bonds. The van der Waals surface area contributed by atoms with E-state index < -0.39 is 150 Å². The fourth-order valence-electron chi connectivity index (χ4n) is 10.4. The predicted molar refractivity (Wildman–Crippen MR) is 250 cm³/mol. The first kappa shape index (κ1) is 61.2. The number of aliphatic hydroxyl groups excluding tert-OH is 5. The highest BCUT2D eigenvalue weighted by molar-refractivity contribution is 7.81. The van der Waals surface area contributed by atoms with Crippen LogP contribution >= 0.6 is 0 Å². The Kier molecular flexibility index (Phi) is 23.6. The van der Waals surface area contributed by atoms with Gasteiger partial charge in [0.05, 0.1) is 31.5 Å². The minimum absolute atomic E-state index is 0.0225. The van der Waals surface area contributed by atoms with Gasteiger partial charge in [-0.05, 0) is 57.3 Å². The molecule has 2 aliphatic carbocycles. The van der Waals surface area contributed by atoms with Gasteiger partial charge >= 0.3 is 20.8 Å². The lowest BCUT2D eigenvalue weighted by atomic mass is 9.74. The summed E-state index contributed by atoms with van der Waals surface area (Å²) >= 11 is 0. The quantitative estimate of drug-likeness (QED) is 0.0346. The molecule has 6 unspecified atom stereocenters. The van der Waals surface area contributed by atoms with Crippen LogP contribution in [0, 0.1) is 17.8 Å². The number of rotatable bonds is 27. The zero-order valence-electron chi connectivity index (χ0n) is 41.8. The Morgan fingerprint density at radius 1 is 0.808 bits per heavy atom. The maximum absolute atomic E-state index is 14.1. The Labute approximate surface area is 426 Å². The number of amides is 3. The SMILES string of the molecule is CCC1CC(C(=O)CCCCCNC(=O)[C@H](OS(=O)(=O)O)[C@H](COC)OS(=O)(=O)O)C[C@@H](O[C@@H]2O[C@@H](CO)[C@H](O)C(O[C@@H](CC3CCCCC3)C(=O)N3CCC3)C2NC(C)=O)[C@@H]1O[C@@H]1OC(C)[C@@H](O)[C@H](O)C1O. The van der Waals surface area contributed by atoms with Gasteiger partial charge in [0.1, 0.15) is 60.7 Å². The summed E-state index contributed by atoms with van der Waals surface area (Å²) in [6.07, 6.45) is -12.8. The first-order valence-electron chi connectivity index (χ1n) is 25.2. The first-order valence-corrected chi connectivity index (χ1v) is 27.9. The van der Waals surface area contributed by atoms with Crippen LogP contribution in [0.25, 0.3) is 0 Å². The van der Waals surface area contributed by atoms with Crippen LogP contribution in [0.5, 0.6) is 0 Å². The van der Waals surface area contributed by atoms with Crippen LogP contribution < -0.4 is 10.6 Å². The minimum Gasteiger partial charge on any atom is -0.394 e. The van der Waals surface area contributed by atoms with Gasteiger partial charge in [-0.25, -0.2) is 8.37 Å². The van der Waals surface area contributed by atoms with Crippen LogP contribution in [-0.2, 0) is 76.8 Å². The molecular formula is C45H77N3O23S2. The lowest BCUT2D eigenvalue weighted by molar-refractivity contribution is -0.338. The van der Waals surface area contributed by atoms with Gasteiger partial charge in [-0.1, -0.05) is 51.9 Å². The summed E-state index contributed by atoms with van der Waals surface area (Å²) in [5.41, 5.74) is 0. The van der Waals surface area contributed by atoms with Crippen molar-refractivity contribution in [3.8, 4) is 0 Å². The predicted octanol–water partition coefficient (Wildman–Crippen LogP) is -1.17. The third-order valence-corrected chi connectivity index (χ3v) is 15.3. The molecule has 0 aromatic carbocycles. The Bertz CT molecular complexity index is 2010. The number of nitrogens with one attached hydrogen (secondary N) is 2. The number of ketones is 1. The van der Waals surface area contributed by atoms with Crippen LogP contribution in [0.1, 0.15) is 111 Å². The molecule has 422 valence electrons. The summed E-state index contributed by atoms with van der Waals surface area (Å²) in [6, 6.07) is -1.28. The number of carbonyl (C=O) groups is 4. The molecule has 26 nitrogen and oxygen atoms in total. The average molecular weight is 1090 g/mol. The molecule has 3 heterocycles. The van der Waals surface area contributed by atoms with Gasteiger partial charge in [0.25, 0.3) is 11.8 Å². The van der Waals surface area contributed by atoms with E-state index in [4.69, 9.17) is 33.0 Å². The number of carbonyl (C=O) groups excluding carboxylic acids is 4. The number of methoxy groups -OCH3 is 1. The Morgan fingerprint density at radius 3 is 2.08 bits per heavy atom. The molecule has 73 heavy (non-hydrogen) atoms. The molecular weight excluding hydrogens is 1010 g/mol. The fraction of sp³-hybridized carbons (Fsp3) is 0.911. The summed E-state index contributed by atoms with van der Waals surface area (Å²) in [5, 5.41) is 59.7. The van der Waals surface area contributed by atoms with Crippen LogP contribution in [0.15, 0.2) is 0 Å². The zero-order valence-corrected chi connectivity index (χ0v) is 43.4. The number of hydrogen-bond acceptors (Lipinski definition) is 21. The largest absolute Gasteiger partial charge is 0.398 e. The highest BCUT2D eigenvalue weighted by atomic mass is 32.3. The molecule has 3 saturated heterocycles. The molecule has 5 fully saturated rings. The van der Waals surface area contributed by atoms with Crippen molar-refractivity contribution in [2.24, 2.45) is 17.8 Å². The van der Waals surface area contributed by atoms with Crippen LogP contribution in [0.3, 0.4) is 0 Å². The molecule has 17 atom stereocenters. The summed E-state index contributed by atoms with van der Waals surface area (Å²) in [4.78, 5) is 55.7. The van der Waals surface area contributed by atoms with E-state index in [9.17, 15) is 66.1 Å². The number of ether oxygens (including phenoxy) is 6. The lowest BCUT2D eigenvalue weighted by Gasteiger charge is -2.49. The van der Waals surface area contributed by atoms with Gasteiger partial charge in [-0.2, -0.15) is 16.8 Å². The molecule has 0 aromatic heterocycles. The first-order chi connectivity index (χ1) is 34.4. The van der Waals surface area contributed by atoms with Gasteiger partial charge in [-0.15, -0.1) is 0 Å². The van der Waals surface area contributed by atoms with Crippen molar-refractivity contribution in [2.75, 3.05) is 40.0 Å². The average Bonchev–Trinajstić information content (AvgIpc) is 3.30. The molecule has 2 saturated carbocycles. The van der Waals surface area contributed by atoms with Crippen molar-refractivity contribution in [1.82, 2.24) is 15.5 Å². The molecule has 0 radical (unpaired) electrons. The standard InChI is InChI=1S/C45H77N3O23S2/c1-5-27-20-28(29(51)15-10-7-11-16-46-42(56)40(71-73(61,62)63)33(23-64-4)70-72(58,59)60)21-30(39(27)69-45-38(55)37(54)35(52)24(2)65-45)67-44-34(47-25(3)50)41(36(53)32(22-49)68-44)66-31(43(57)48-17-12-18-48)19-26-13-8-6-9-14-26/h24,26-28,30-41,44-45,49,52-55H,5-23H2,1-4H3,(H,46,56)(H,47,50)(H,58,59,60)(H,61,62,63)/t24?,27?,28?,30-,31+,32+,33+,34?,35-,36+,37+,38?,39-,40-,41?,44-,45+/m1/s1. The Balaban J connectivity index is 1.34. The number of Topliss-reactive ketones (excluding diaryl/α,β-unsaturated/α-hetero) is 1. The van der Waals surface area contributed by atoms with Crippen molar-refractivity contribution in [2.45, 2.75) is 203 Å². The number of likely N-dealkylation sites (tertiary alicyclic amines) is 1. The van der Waals surface area contributed by atoms with E-state index in [-0.39, 0.29) is 49.8 Å². The van der Waals surface area contributed by atoms with E-state index in [1.807, 2.05) is 6.92 Å². The summed E-state index contributed by atoms with van der Waals surface area (Å²) in [7, 11) is -9.53. The Hall–Kier alpha value is -2.62. The van der Waals surface area contributed by atoms with Crippen molar-refractivity contribution >= 4 is 44.3 Å². The highest BCUT2D eigenvalue weighted by Crippen LogP contribution is 2.41. The van der Waals surface area contributed by atoms with Gasteiger partial charge in [0.2, 0.25) is 5.91 Å². The number of unbranched alkanes of at least 4 members (excludes halogenated alkanes) is 2. The van der Waals surface area contributed by atoms with E-state index in [2.05, 4.69) is 19.0 Å². The fourth-order valence-corrected chi connectivity index (χ4v) is 11.3. The highest BCUT2D eigenvalue weighted by Gasteiger charge is 2.53. The normalized spacial score (nSPS) is 33.8. The molecule has 3 aliphatic heterocycles. The maximum Gasteiger partial charge on any atom is 0.398 e. The topological polar surface area (TPSA) is 379 Å². The van der Waals surface area contributed by atoms with Crippen LogP contribution in [0.4, 0.5) is 0 Å². The van der Waals surface area contributed by atoms with E-state index >= 15 is 0 Å². The molecule has 28 heteroatoms. The van der Waals surface area contributed by atoms with E-state index in [0.717, 1.165) is 45.6 Å². The molecule has 5 rings (SSSR count). The third-order valence-electron chi connectivity index (χ3n) is 14.4. The molecule has 0 bridgehead atoms. The van der Waals surface area contributed by atoms with Gasteiger partial charge < -0.3 is 69.5 Å². The van der Waals surface area contributed by atoms with Crippen LogP contribution in [-0.4, -0.2) is 212 Å². The number of nitrogens with zero attached hydrogens (tertiary/aromatic N) is 1. The maximum atomic E-state index is 14.1. The second-order valence-electron chi connectivity index (χ2n) is 19.8. The lowest BCUT2D eigenvalue weighted by Crippen LogP contribution is -2.67. The second kappa shape index (κ2) is 28.1. The third kappa shape index (κ3) is 17.7. The van der Waals surface area contributed by atoms with Gasteiger partial charge in [0, 0.05) is 46.0 Å². The molecule has 5 aliphatic rings. The van der Waals surface area contributed by atoms with Crippen molar-refractivity contribution in [1.29, 1.82) is 0 Å². The van der Waals surface area contributed by atoms with Crippen molar-refractivity contribution in [3.63, 3.8) is 0 Å². The van der Waals surface area contributed by atoms with Crippen molar-refractivity contribution in [3.05, 3.63) is 0 Å². The van der Waals surface area contributed by atoms with Crippen LogP contribution in [0.2, 0.25) is 0 Å². The monoisotopic (exact) mass is 1090 g/mol. The zero-order chi connectivity index (χ0) is 53.8. The van der Waals surface area contributed by atoms with Crippen molar-refractivity contribution < 1.29 is 107 Å². The summed E-state index contributed by atoms with van der Waals surface area (Å²) in [5.74, 6) is -3.23. The number of hydrogen-bond donors (Lipinski definition) is 9. The van der Waals surface area contributed by atoms with Gasteiger partial charge in [0.15, 0.2) is 18.7 Å². The minimum atomic E-state index is -5.34. The second-order valence-corrected chi connectivity index (χ2v) is 21.9. The van der Waals surface area contributed by atoms with E-state index in [1.54, 1.807) is 4.90 Å². The molecule has 0 spiro atoms. The number of aliphatic hydroxyl groups is 5. The Morgan fingerprint density at radius 2 is 1.49 bits per heavy atom. The summed E-state index contributed by atoms with van der Waals surface area (Å²) in [6.45, 7) is 4.04. The van der Waals surface area contributed by atoms with E-state index in [1.165, 1.54) is 13.8 Å². The van der Waals surface area contributed by atoms with E-state index in [0.29, 0.717) is 38.8 Å². The smallest absolute Gasteiger partial charge is 0.394 e. The molecule has 0 aromatic rings. The molecule has 9 N–H and O–H groups in total.